The number of urea groups is 1. The van der Waals surface area contributed by atoms with Crippen LogP contribution in [0.5, 0.6) is 5.75 Å². The molecule has 0 bridgehead atoms. The topological polar surface area (TPSA) is 117 Å². The summed E-state index contributed by atoms with van der Waals surface area (Å²) >= 11 is 3.42. The number of anilines is 4. The van der Waals surface area contributed by atoms with Crippen molar-refractivity contribution >= 4 is 51.1 Å². The molecule has 38 heavy (non-hydrogen) atoms. The number of amides is 2. The highest BCUT2D eigenvalue weighted by Gasteiger charge is 2.34. The number of esters is 1. The van der Waals surface area contributed by atoms with Gasteiger partial charge in [0.05, 0.1) is 38.7 Å². The highest BCUT2D eigenvalue weighted by Crippen LogP contribution is 2.36. The SMILES string of the molecule is COC(=O)CCCN1C(=O)N(c2c(C)cccc2C)Cc2cnc(Nc3cc(CO)c(Br)cc3OC)nc21. The number of nitrogens with zero attached hydrogens (tertiary/aromatic N) is 4. The maximum atomic E-state index is 13.8. The number of hydrogen-bond acceptors (Lipinski definition) is 8. The molecular weight excluding hydrogens is 554 g/mol. The molecule has 0 spiro atoms. The van der Waals surface area contributed by atoms with Crippen LogP contribution in [0.2, 0.25) is 0 Å². The first kappa shape index (κ1) is 27.3. The van der Waals surface area contributed by atoms with Crippen LogP contribution in [0.25, 0.3) is 0 Å². The van der Waals surface area contributed by atoms with Crippen LogP contribution in [-0.4, -0.2) is 47.8 Å². The van der Waals surface area contributed by atoms with Gasteiger partial charge in [0.25, 0.3) is 0 Å². The van der Waals surface area contributed by atoms with Gasteiger partial charge < -0.3 is 19.9 Å². The number of aliphatic hydroxyl groups is 1. The molecule has 10 nitrogen and oxygen atoms in total. The molecule has 11 heteroatoms. The van der Waals surface area contributed by atoms with Crippen molar-refractivity contribution in [1.82, 2.24) is 9.97 Å². The number of benzene rings is 2. The molecule has 0 radical (unpaired) electrons. The van der Waals surface area contributed by atoms with Crippen LogP contribution < -0.4 is 19.9 Å². The van der Waals surface area contributed by atoms with E-state index in [1.54, 1.807) is 35.2 Å². The van der Waals surface area contributed by atoms with E-state index in [0.29, 0.717) is 40.3 Å². The lowest BCUT2D eigenvalue weighted by molar-refractivity contribution is -0.140. The van der Waals surface area contributed by atoms with Gasteiger partial charge in [0.15, 0.2) is 0 Å². The number of para-hydroxylation sites is 1. The monoisotopic (exact) mass is 583 g/mol. The van der Waals surface area contributed by atoms with Crippen molar-refractivity contribution in [3.63, 3.8) is 0 Å². The maximum Gasteiger partial charge on any atom is 0.330 e. The largest absolute Gasteiger partial charge is 0.495 e. The molecule has 1 aliphatic heterocycles. The van der Waals surface area contributed by atoms with Gasteiger partial charge in [0, 0.05) is 29.2 Å². The number of fused-ring (bicyclic) bond motifs is 1. The summed E-state index contributed by atoms with van der Waals surface area (Å²) in [5.74, 6) is 0.925. The number of nitrogens with one attached hydrogen (secondary N) is 1. The van der Waals surface area contributed by atoms with Crippen molar-refractivity contribution in [2.24, 2.45) is 0 Å². The molecule has 0 saturated heterocycles. The average molecular weight is 584 g/mol. The number of aromatic nitrogens is 2. The Morgan fingerprint density at radius 2 is 1.95 bits per heavy atom. The number of carbonyl (C=O) groups is 2. The van der Waals surface area contributed by atoms with Gasteiger partial charge in [-0.25, -0.2) is 9.78 Å². The van der Waals surface area contributed by atoms with Gasteiger partial charge in [-0.3, -0.25) is 14.6 Å². The molecule has 200 valence electrons. The number of aliphatic hydroxyl groups excluding tert-OH is 1. The summed E-state index contributed by atoms with van der Waals surface area (Å²) in [6.07, 6.45) is 2.28. The Kier molecular flexibility index (Phi) is 8.48. The number of ether oxygens (including phenoxy) is 2. The van der Waals surface area contributed by atoms with Gasteiger partial charge in [0.1, 0.15) is 11.6 Å². The van der Waals surface area contributed by atoms with Gasteiger partial charge in [-0.15, -0.1) is 0 Å². The molecular formula is C27H30BrN5O5. The zero-order valence-electron chi connectivity index (χ0n) is 21.7. The van der Waals surface area contributed by atoms with Crippen LogP contribution in [0.15, 0.2) is 41.0 Å². The van der Waals surface area contributed by atoms with E-state index in [2.05, 4.69) is 26.2 Å². The van der Waals surface area contributed by atoms with Crippen molar-refractivity contribution < 1.29 is 24.2 Å². The fourth-order valence-corrected chi connectivity index (χ4v) is 4.92. The summed E-state index contributed by atoms with van der Waals surface area (Å²) in [6.45, 7) is 4.37. The molecule has 2 amide bonds. The fraction of sp³-hybridized carbons (Fsp3) is 0.333. The minimum atomic E-state index is -0.339. The van der Waals surface area contributed by atoms with Gasteiger partial charge in [-0.2, -0.15) is 4.98 Å². The highest BCUT2D eigenvalue weighted by atomic mass is 79.9. The quantitative estimate of drug-likeness (QED) is 0.338. The Morgan fingerprint density at radius 1 is 1.21 bits per heavy atom. The van der Waals surface area contributed by atoms with Crippen LogP contribution in [0.3, 0.4) is 0 Å². The third-order valence-electron chi connectivity index (χ3n) is 6.37. The van der Waals surface area contributed by atoms with Crippen molar-refractivity contribution in [3.05, 3.63) is 63.3 Å². The normalized spacial score (nSPS) is 12.8. The lowest BCUT2D eigenvalue weighted by Gasteiger charge is -2.37. The third-order valence-corrected chi connectivity index (χ3v) is 7.11. The van der Waals surface area contributed by atoms with E-state index < -0.39 is 0 Å². The number of rotatable bonds is 9. The Bertz CT molecular complexity index is 1350. The van der Waals surface area contributed by atoms with Gasteiger partial charge in [-0.05, 0) is 49.1 Å². The van der Waals surface area contributed by atoms with Crippen LogP contribution >= 0.6 is 15.9 Å². The summed E-state index contributed by atoms with van der Waals surface area (Å²) in [5, 5.41) is 12.8. The molecule has 0 aliphatic carbocycles. The molecule has 3 aromatic rings. The van der Waals surface area contributed by atoms with Gasteiger partial charge in [0.2, 0.25) is 5.95 Å². The number of hydrogen-bond donors (Lipinski definition) is 2. The van der Waals surface area contributed by atoms with Crippen molar-refractivity contribution in [2.45, 2.75) is 39.8 Å². The molecule has 1 aromatic heterocycles. The summed E-state index contributed by atoms with van der Waals surface area (Å²) < 4.78 is 11.0. The molecule has 0 unspecified atom stereocenters. The van der Waals surface area contributed by atoms with Crippen LogP contribution in [0.4, 0.5) is 27.9 Å². The second kappa shape index (κ2) is 11.8. The van der Waals surface area contributed by atoms with Crippen LogP contribution in [-0.2, 0) is 22.7 Å². The Morgan fingerprint density at radius 3 is 2.61 bits per heavy atom. The number of carbonyl (C=O) groups excluding carboxylic acids is 2. The molecule has 2 heterocycles. The van der Waals surface area contributed by atoms with Crippen molar-refractivity contribution in [1.29, 1.82) is 0 Å². The van der Waals surface area contributed by atoms with E-state index in [0.717, 1.165) is 22.4 Å². The Hall–Kier alpha value is -3.70. The summed E-state index contributed by atoms with van der Waals surface area (Å²) in [7, 11) is 2.89. The van der Waals surface area contributed by atoms with Gasteiger partial charge >= 0.3 is 12.0 Å². The predicted octanol–water partition coefficient (Wildman–Crippen LogP) is 5.00. The second-order valence-corrected chi connectivity index (χ2v) is 9.76. The minimum Gasteiger partial charge on any atom is -0.495 e. The molecule has 2 aromatic carbocycles. The van der Waals surface area contributed by atoms with E-state index in [4.69, 9.17) is 14.5 Å². The molecule has 0 saturated carbocycles. The lowest BCUT2D eigenvalue weighted by Crippen LogP contribution is -2.49. The van der Waals surface area contributed by atoms with E-state index in [-0.39, 0.29) is 37.5 Å². The van der Waals surface area contributed by atoms with E-state index >= 15 is 0 Å². The van der Waals surface area contributed by atoms with Crippen molar-refractivity contribution in [2.75, 3.05) is 35.9 Å². The molecule has 0 atom stereocenters. The molecule has 2 N–H and O–H groups in total. The summed E-state index contributed by atoms with van der Waals surface area (Å²) in [4.78, 5) is 38.1. The molecule has 0 fully saturated rings. The summed E-state index contributed by atoms with van der Waals surface area (Å²) in [6, 6.07) is 9.17. The van der Waals surface area contributed by atoms with Crippen LogP contribution in [0, 0.1) is 13.8 Å². The number of methoxy groups -OCH3 is 2. The fourth-order valence-electron chi connectivity index (χ4n) is 4.48. The second-order valence-electron chi connectivity index (χ2n) is 8.91. The first-order chi connectivity index (χ1) is 18.3. The standard InChI is InChI=1S/C27H30BrN5O5/c1-16-7-5-8-17(2)24(16)33-14-19-13-29-26(30-21-11-18(15-34)20(28)12-22(21)37-3)31-25(19)32(27(33)36)10-6-9-23(35)38-4/h5,7-8,11-13,34H,6,9-10,14-15H2,1-4H3,(H,29,30,31). The zero-order chi connectivity index (χ0) is 27.4. The lowest BCUT2D eigenvalue weighted by atomic mass is 10.1. The van der Waals surface area contributed by atoms with Gasteiger partial charge in [-0.1, -0.05) is 34.1 Å². The third kappa shape index (κ3) is 5.58. The van der Waals surface area contributed by atoms with Crippen LogP contribution in [0.1, 0.15) is 35.1 Å². The first-order valence-electron chi connectivity index (χ1n) is 12.1. The minimum absolute atomic E-state index is 0.166. The molecule has 4 rings (SSSR count). The van der Waals surface area contributed by atoms with E-state index in [1.807, 2.05) is 32.0 Å². The smallest absolute Gasteiger partial charge is 0.330 e. The Balaban J connectivity index is 1.72. The van der Waals surface area contributed by atoms with E-state index in [9.17, 15) is 14.7 Å². The zero-order valence-corrected chi connectivity index (χ0v) is 23.3. The number of aryl methyl sites for hydroxylation is 2. The number of halogens is 1. The Labute approximate surface area is 229 Å². The predicted molar refractivity (Wildman–Crippen MR) is 148 cm³/mol. The molecule has 1 aliphatic rings. The van der Waals surface area contributed by atoms with E-state index in [1.165, 1.54) is 7.11 Å². The first-order valence-corrected chi connectivity index (χ1v) is 12.9. The average Bonchev–Trinajstić information content (AvgIpc) is 2.90. The maximum absolute atomic E-state index is 13.8. The van der Waals surface area contributed by atoms with Crippen molar-refractivity contribution in [3.8, 4) is 5.75 Å². The summed E-state index contributed by atoms with van der Waals surface area (Å²) in [5.41, 5.74) is 4.82. The highest BCUT2D eigenvalue weighted by molar-refractivity contribution is 9.10.